The van der Waals surface area contributed by atoms with Crippen LogP contribution in [0.25, 0.3) is 27.5 Å². The van der Waals surface area contributed by atoms with Gasteiger partial charge in [0, 0.05) is 36.0 Å². The van der Waals surface area contributed by atoms with Gasteiger partial charge in [0.1, 0.15) is 36.2 Å². The average molecular weight is 616 g/mol. The van der Waals surface area contributed by atoms with Crippen molar-refractivity contribution in [3.05, 3.63) is 34.7 Å². The van der Waals surface area contributed by atoms with Crippen LogP contribution >= 0.6 is 11.6 Å². The zero-order valence-corrected chi connectivity index (χ0v) is 24.8. The number of aromatic nitrogens is 4. The van der Waals surface area contributed by atoms with E-state index < -0.39 is 5.82 Å². The second kappa shape index (κ2) is 9.54. The minimum atomic E-state index is -0.638. The Morgan fingerprint density at radius 1 is 1.25 bits per heavy atom. The molecule has 3 N–H and O–H groups in total. The van der Waals surface area contributed by atoms with Gasteiger partial charge in [-0.3, -0.25) is 4.90 Å². The monoisotopic (exact) mass is 615 g/mol. The number of piperazine rings is 1. The third kappa shape index (κ3) is 3.63. The molecule has 0 saturated carbocycles. The maximum atomic E-state index is 17.1. The van der Waals surface area contributed by atoms with E-state index in [0.717, 1.165) is 51.6 Å². The van der Waals surface area contributed by atoms with E-state index in [0.29, 0.717) is 53.8 Å². The van der Waals surface area contributed by atoms with E-state index in [2.05, 4.69) is 26.3 Å². The first-order valence-electron chi connectivity index (χ1n) is 15.4. The highest BCUT2D eigenvalue weighted by molar-refractivity contribution is 6.37. The maximum absolute atomic E-state index is 17.1. The van der Waals surface area contributed by atoms with Crippen molar-refractivity contribution in [1.82, 2.24) is 29.8 Å². The van der Waals surface area contributed by atoms with Crippen LogP contribution in [0.2, 0.25) is 5.02 Å². The van der Waals surface area contributed by atoms with Crippen LogP contribution in [0.1, 0.15) is 44.1 Å². The number of anilines is 2. The van der Waals surface area contributed by atoms with E-state index in [1.165, 1.54) is 4.52 Å². The smallest absolute Gasteiger partial charge is 0.319 e. The first-order chi connectivity index (χ1) is 21.5. The Bertz CT molecular complexity index is 1900. The maximum Gasteiger partial charge on any atom is 0.319 e. The molecule has 0 spiro atoms. The second-order valence-electron chi connectivity index (χ2n) is 12.8. The second-order valence-corrected chi connectivity index (χ2v) is 13.1. The van der Waals surface area contributed by atoms with Crippen molar-refractivity contribution in [2.75, 3.05) is 43.5 Å². The van der Waals surface area contributed by atoms with Crippen molar-refractivity contribution in [2.45, 2.75) is 62.2 Å². The summed E-state index contributed by atoms with van der Waals surface area (Å²) in [7, 11) is 0. The number of benzene rings is 1. The molecule has 9 rings (SSSR count). The quantitative estimate of drug-likeness (QED) is 0.349. The van der Waals surface area contributed by atoms with Crippen LogP contribution in [0, 0.1) is 17.1 Å². The normalized spacial score (nSPS) is 25.1. The largest absolute Gasteiger partial charge is 0.489 e. The summed E-state index contributed by atoms with van der Waals surface area (Å²) < 4.78 is 31.5. The van der Waals surface area contributed by atoms with Crippen LogP contribution in [-0.4, -0.2) is 81.0 Å². The Hall–Kier alpha value is -3.92. The van der Waals surface area contributed by atoms with E-state index in [9.17, 15) is 5.26 Å². The van der Waals surface area contributed by atoms with Crippen LogP contribution in [0.3, 0.4) is 0 Å². The van der Waals surface area contributed by atoms with Crippen LogP contribution in [-0.2, 0) is 0 Å². The highest BCUT2D eigenvalue weighted by Gasteiger charge is 2.46. The molecule has 3 aromatic heterocycles. The molecular formula is C31H31ClFN9O2. The number of fused-ring (bicyclic) bond motifs is 7. The van der Waals surface area contributed by atoms with Gasteiger partial charge in [-0.2, -0.15) is 15.2 Å². The van der Waals surface area contributed by atoms with Gasteiger partial charge in [-0.15, -0.1) is 5.10 Å². The topological polar surface area (TPSA) is 130 Å². The van der Waals surface area contributed by atoms with Gasteiger partial charge >= 0.3 is 6.01 Å². The Labute approximate surface area is 257 Å². The lowest BCUT2D eigenvalue weighted by atomic mass is 9.95. The fraction of sp³-hybridized carbons (Fsp3) is 0.484. The highest BCUT2D eigenvalue weighted by atomic mass is 35.5. The van der Waals surface area contributed by atoms with E-state index in [1.54, 1.807) is 18.3 Å². The van der Waals surface area contributed by atoms with E-state index in [-0.39, 0.29) is 51.1 Å². The van der Waals surface area contributed by atoms with Gasteiger partial charge in [-0.25, -0.2) is 8.91 Å². The lowest BCUT2D eigenvalue weighted by Gasteiger charge is -2.40. The molecule has 8 heterocycles. The summed E-state index contributed by atoms with van der Waals surface area (Å²) in [5, 5.41) is 18.4. The molecule has 226 valence electrons. The number of nitrogens with zero attached hydrogens (tertiary/aromatic N) is 7. The number of nitrogens with one attached hydrogen (secondary N) is 1. The van der Waals surface area contributed by atoms with E-state index >= 15 is 4.39 Å². The number of hydrogen-bond acceptors (Lipinski definition) is 10. The van der Waals surface area contributed by atoms with Crippen molar-refractivity contribution >= 4 is 39.7 Å². The molecule has 44 heavy (non-hydrogen) atoms. The predicted octanol–water partition coefficient (Wildman–Crippen LogP) is 3.90. The van der Waals surface area contributed by atoms with Gasteiger partial charge in [0.2, 0.25) is 0 Å². The van der Waals surface area contributed by atoms with Crippen molar-refractivity contribution < 1.29 is 13.9 Å². The summed E-state index contributed by atoms with van der Waals surface area (Å²) in [6.07, 6.45) is 8.18. The number of pyridine rings is 1. The number of nitrogens with two attached hydrogens (primary N) is 1. The van der Waals surface area contributed by atoms with Crippen LogP contribution < -0.4 is 25.4 Å². The highest BCUT2D eigenvalue weighted by Crippen LogP contribution is 2.50. The molecule has 3 atom stereocenters. The summed E-state index contributed by atoms with van der Waals surface area (Å²) in [4.78, 5) is 14.5. The predicted molar refractivity (Wildman–Crippen MR) is 163 cm³/mol. The zero-order chi connectivity index (χ0) is 29.7. The van der Waals surface area contributed by atoms with Crippen molar-refractivity contribution in [3.63, 3.8) is 0 Å². The van der Waals surface area contributed by atoms with Crippen molar-refractivity contribution in [3.8, 4) is 29.0 Å². The fourth-order valence-corrected chi connectivity index (χ4v) is 8.81. The number of rotatable bonds is 4. The Balaban J connectivity index is 1.26. The number of halogens is 2. The van der Waals surface area contributed by atoms with E-state index in [1.807, 2.05) is 0 Å². The molecule has 4 aromatic rings. The molecule has 2 bridgehead atoms. The van der Waals surface area contributed by atoms with Gasteiger partial charge in [-0.05, 0) is 57.7 Å². The molecule has 0 radical (unpaired) electrons. The lowest BCUT2D eigenvalue weighted by Crippen LogP contribution is -2.60. The molecule has 13 heteroatoms. The Morgan fingerprint density at radius 3 is 2.91 bits per heavy atom. The Kier molecular flexibility index (Phi) is 5.74. The van der Waals surface area contributed by atoms with Crippen molar-refractivity contribution in [1.29, 1.82) is 5.26 Å². The minimum absolute atomic E-state index is 0.0170. The molecule has 5 aliphatic heterocycles. The van der Waals surface area contributed by atoms with Gasteiger partial charge in [-0.1, -0.05) is 17.7 Å². The molecule has 0 aliphatic carbocycles. The third-order valence-electron chi connectivity index (χ3n) is 10.5. The van der Waals surface area contributed by atoms with E-state index in [4.69, 9.17) is 36.8 Å². The van der Waals surface area contributed by atoms with Crippen LogP contribution in [0.15, 0.2) is 18.3 Å². The SMILES string of the molecule is N#Cc1c(N)nn2cccc(-c3c(Cl)c4c5c(nc(OCC67CCCN6CCC7)nc5c3F)N3C[C@H]5CC[C@H](N5)[C@H]3CO4)c12. The van der Waals surface area contributed by atoms with Gasteiger partial charge in [0.25, 0.3) is 0 Å². The molecule has 0 unspecified atom stereocenters. The lowest BCUT2D eigenvalue weighted by molar-refractivity contribution is 0.108. The van der Waals surface area contributed by atoms with Gasteiger partial charge < -0.3 is 25.4 Å². The summed E-state index contributed by atoms with van der Waals surface area (Å²) >= 11 is 7.10. The number of ether oxygens (including phenoxy) is 2. The summed E-state index contributed by atoms with van der Waals surface area (Å²) in [5.41, 5.74) is 7.06. The minimum Gasteiger partial charge on any atom is -0.489 e. The molecule has 4 fully saturated rings. The van der Waals surface area contributed by atoms with Crippen molar-refractivity contribution in [2.24, 2.45) is 0 Å². The number of nitrogen functional groups attached to an aromatic ring is 1. The summed E-state index contributed by atoms with van der Waals surface area (Å²) in [5.74, 6) is 0.332. The van der Waals surface area contributed by atoms with Gasteiger partial charge in [0.15, 0.2) is 17.4 Å². The standard InChI is InChI=1S/C31H31ClFN9O2/c32-23-21(17-4-1-11-42-26(17)18(12-34)28(35)39-42)24(33)25-22-27(23)43-14-20-19-6-5-16(36-19)13-41(20)29(22)38-30(37-25)44-15-31-7-2-9-40(31)10-3-8-31/h1,4,11,16,19-20,36H,2-3,5-10,13-15H2,(H2,35,39)/t16-,19+,20-/m1/s1. The number of nitriles is 1. The first kappa shape index (κ1) is 26.5. The molecule has 1 aromatic carbocycles. The molecule has 0 amide bonds. The third-order valence-corrected chi connectivity index (χ3v) is 10.9. The summed E-state index contributed by atoms with van der Waals surface area (Å²) in [6.45, 7) is 3.67. The Morgan fingerprint density at radius 2 is 2.09 bits per heavy atom. The van der Waals surface area contributed by atoms with Crippen LogP contribution in [0.5, 0.6) is 11.8 Å². The average Bonchev–Trinajstić information content (AvgIpc) is 3.76. The summed E-state index contributed by atoms with van der Waals surface area (Å²) in [6, 6.07) is 6.19. The zero-order valence-electron chi connectivity index (χ0n) is 24.0. The molecule has 5 aliphatic rings. The molecule has 11 nitrogen and oxygen atoms in total. The van der Waals surface area contributed by atoms with Gasteiger partial charge in [0.05, 0.1) is 27.5 Å². The molecule has 4 saturated heterocycles. The van der Waals surface area contributed by atoms with Crippen LogP contribution in [0.4, 0.5) is 16.0 Å². The first-order valence-corrected chi connectivity index (χ1v) is 15.8. The fourth-order valence-electron chi connectivity index (χ4n) is 8.47. The number of hydrogen-bond donors (Lipinski definition) is 2. The molecular weight excluding hydrogens is 585 g/mol.